The van der Waals surface area contributed by atoms with Crippen LogP contribution in [0.15, 0.2) is 88.8 Å². The number of para-hydroxylation sites is 2. The largest absolute Gasteiger partial charge is 0.318 e. The Kier molecular flexibility index (Phi) is 6.33. The predicted molar refractivity (Wildman–Crippen MR) is 142 cm³/mol. The number of fused-ring (bicyclic) bond motifs is 1. The van der Waals surface area contributed by atoms with Crippen LogP contribution in [0.4, 0.5) is 4.39 Å². The first-order valence-corrected chi connectivity index (χ1v) is 12.5. The minimum absolute atomic E-state index is 0.0530. The van der Waals surface area contributed by atoms with Gasteiger partial charge in [-0.3, -0.25) is 14.2 Å². The van der Waals surface area contributed by atoms with E-state index in [0.717, 1.165) is 34.4 Å². The van der Waals surface area contributed by atoms with Gasteiger partial charge in [0.1, 0.15) is 5.82 Å². The van der Waals surface area contributed by atoms with Crippen LogP contribution >= 0.6 is 11.8 Å². The highest BCUT2D eigenvalue weighted by Crippen LogP contribution is 2.26. The molecule has 5 rings (SSSR count). The monoisotopic (exact) mass is 497 g/mol. The van der Waals surface area contributed by atoms with Gasteiger partial charge in [-0.1, -0.05) is 53.7 Å². The minimum atomic E-state index is -0.536. The van der Waals surface area contributed by atoms with Gasteiger partial charge >= 0.3 is 0 Å². The lowest BCUT2D eigenvalue weighted by Gasteiger charge is -2.14. The number of aromatic nitrogens is 3. The van der Waals surface area contributed by atoms with Crippen molar-refractivity contribution in [2.75, 3.05) is 5.75 Å². The highest BCUT2D eigenvalue weighted by molar-refractivity contribution is 7.99. The molecule has 0 unspecified atom stereocenters. The molecule has 0 radical (unpaired) electrons. The molecule has 7 heteroatoms. The van der Waals surface area contributed by atoms with Crippen LogP contribution in [0, 0.1) is 26.6 Å². The van der Waals surface area contributed by atoms with Crippen molar-refractivity contribution in [2.24, 2.45) is 0 Å². The SMILES string of the molecule is Cc1ccc(-n2c(C)cc(C(=O)CSc3nc4ccccc4c(=O)n3-c3ccccc3F)c2C)cc1. The van der Waals surface area contributed by atoms with E-state index in [4.69, 9.17) is 0 Å². The smallest absolute Gasteiger partial charge is 0.266 e. The Hall–Kier alpha value is -3.97. The maximum atomic E-state index is 14.7. The van der Waals surface area contributed by atoms with Crippen LogP contribution < -0.4 is 5.56 Å². The number of Topliss-reactive ketones (excluding diaryl/α,β-unsaturated/α-hetero) is 1. The fraction of sp³-hybridized carbons (Fsp3) is 0.138. The Morgan fingerprint density at radius 2 is 1.61 bits per heavy atom. The first kappa shape index (κ1) is 23.8. The number of nitrogens with zero attached hydrogens (tertiary/aromatic N) is 3. The van der Waals surface area contributed by atoms with Crippen LogP contribution in [0.1, 0.15) is 27.3 Å². The number of ketones is 1. The first-order valence-electron chi connectivity index (χ1n) is 11.5. The van der Waals surface area contributed by atoms with Gasteiger partial charge in [-0.15, -0.1) is 0 Å². The molecule has 0 fully saturated rings. The van der Waals surface area contributed by atoms with Gasteiger partial charge in [0.2, 0.25) is 0 Å². The molecular formula is C29H24FN3O2S. The maximum absolute atomic E-state index is 14.7. The maximum Gasteiger partial charge on any atom is 0.266 e. The van der Waals surface area contributed by atoms with Crippen molar-refractivity contribution >= 4 is 28.4 Å². The zero-order valence-corrected chi connectivity index (χ0v) is 21.0. The number of hydrogen-bond donors (Lipinski definition) is 0. The first-order chi connectivity index (χ1) is 17.3. The predicted octanol–water partition coefficient (Wildman–Crippen LogP) is 6.22. The summed E-state index contributed by atoms with van der Waals surface area (Å²) in [4.78, 5) is 31.3. The van der Waals surface area contributed by atoms with E-state index in [0.29, 0.717) is 16.5 Å². The van der Waals surface area contributed by atoms with Gasteiger partial charge in [0, 0.05) is 22.6 Å². The number of carbonyl (C=O) groups excluding carboxylic acids is 1. The molecule has 5 nitrogen and oxygen atoms in total. The summed E-state index contributed by atoms with van der Waals surface area (Å²) < 4.78 is 18.0. The number of aryl methyl sites for hydroxylation is 2. The molecule has 180 valence electrons. The van der Waals surface area contributed by atoms with Gasteiger partial charge in [-0.25, -0.2) is 9.37 Å². The van der Waals surface area contributed by atoms with Gasteiger partial charge in [-0.05, 0) is 63.2 Å². The molecule has 0 atom stereocenters. The topological polar surface area (TPSA) is 56.9 Å². The zero-order chi connectivity index (χ0) is 25.4. The van der Waals surface area contributed by atoms with Crippen LogP contribution in [0.3, 0.4) is 0 Å². The van der Waals surface area contributed by atoms with Crippen molar-refractivity contribution in [3.05, 3.63) is 118 Å². The summed E-state index contributed by atoms with van der Waals surface area (Å²) in [5, 5.41) is 0.655. The third kappa shape index (κ3) is 4.27. The van der Waals surface area contributed by atoms with Crippen LogP contribution in [0.5, 0.6) is 0 Å². The van der Waals surface area contributed by atoms with E-state index in [1.165, 1.54) is 16.7 Å². The third-order valence-electron chi connectivity index (χ3n) is 6.19. The number of carbonyl (C=O) groups is 1. The average Bonchev–Trinajstić information content (AvgIpc) is 3.17. The van der Waals surface area contributed by atoms with Crippen molar-refractivity contribution in [1.82, 2.24) is 14.1 Å². The van der Waals surface area contributed by atoms with E-state index in [-0.39, 0.29) is 27.9 Å². The van der Waals surface area contributed by atoms with E-state index >= 15 is 0 Å². The lowest BCUT2D eigenvalue weighted by Crippen LogP contribution is -2.23. The van der Waals surface area contributed by atoms with Crippen LogP contribution in [-0.2, 0) is 0 Å². The lowest BCUT2D eigenvalue weighted by atomic mass is 10.2. The Balaban J connectivity index is 1.52. The summed E-state index contributed by atoms with van der Waals surface area (Å²) in [5.74, 6) is -0.572. The van der Waals surface area contributed by atoms with Crippen LogP contribution in [0.25, 0.3) is 22.3 Å². The fourth-order valence-electron chi connectivity index (χ4n) is 4.40. The van der Waals surface area contributed by atoms with Crippen LogP contribution in [0.2, 0.25) is 0 Å². The van der Waals surface area contributed by atoms with E-state index in [9.17, 15) is 14.0 Å². The van der Waals surface area contributed by atoms with Gasteiger partial charge in [0.25, 0.3) is 5.56 Å². The molecule has 0 N–H and O–H groups in total. The van der Waals surface area contributed by atoms with E-state index in [1.807, 2.05) is 51.1 Å². The molecule has 2 heterocycles. The van der Waals surface area contributed by atoms with Crippen molar-refractivity contribution < 1.29 is 9.18 Å². The average molecular weight is 498 g/mol. The van der Waals surface area contributed by atoms with Gasteiger partial charge in [-0.2, -0.15) is 0 Å². The molecule has 0 amide bonds. The van der Waals surface area contributed by atoms with Crippen LogP contribution in [-0.4, -0.2) is 25.7 Å². The molecule has 0 bridgehead atoms. The lowest BCUT2D eigenvalue weighted by molar-refractivity contribution is 0.102. The van der Waals surface area contributed by atoms with Crippen molar-refractivity contribution in [2.45, 2.75) is 25.9 Å². The second-order valence-corrected chi connectivity index (χ2v) is 9.61. The highest BCUT2D eigenvalue weighted by atomic mass is 32.2. The van der Waals surface area contributed by atoms with E-state index in [1.54, 1.807) is 36.4 Å². The molecule has 0 aliphatic rings. The summed E-state index contributed by atoms with van der Waals surface area (Å²) in [7, 11) is 0. The summed E-state index contributed by atoms with van der Waals surface area (Å²) in [6, 6.07) is 23.1. The summed E-state index contributed by atoms with van der Waals surface area (Å²) >= 11 is 1.13. The minimum Gasteiger partial charge on any atom is -0.318 e. The summed E-state index contributed by atoms with van der Waals surface area (Å²) in [6.45, 7) is 5.93. The molecule has 3 aromatic carbocycles. The van der Waals surface area contributed by atoms with Crippen molar-refractivity contribution in [1.29, 1.82) is 0 Å². The molecule has 5 aromatic rings. The van der Waals surface area contributed by atoms with Gasteiger partial charge in [0.15, 0.2) is 10.9 Å². The third-order valence-corrected chi connectivity index (χ3v) is 7.13. The highest BCUT2D eigenvalue weighted by Gasteiger charge is 2.20. The van der Waals surface area contributed by atoms with Crippen molar-refractivity contribution in [3.63, 3.8) is 0 Å². The molecule has 36 heavy (non-hydrogen) atoms. The Morgan fingerprint density at radius 3 is 2.36 bits per heavy atom. The van der Waals surface area contributed by atoms with E-state index < -0.39 is 5.82 Å². The zero-order valence-electron chi connectivity index (χ0n) is 20.2. The number of thioether (sulfide) groups is 1. The van der Waals surface area contributed by atoms with Crippen molar-refractivity contribution in [3.8, 4) is 11.4 Å². The normalized spacial score (nSPS) is 11.2. The number of hydrogen-bond acceptors (Lipinski definition) is 4. The molecule has 0 saturated carbocycles. The number of halogens is 1. The van der Waals surface area contributed by atoms with Gasteiger partial charge < -0.3 is 4.57 Å². The molecule has 2 aromatic heterocycles. The molecule has 0 saturated heterocycles. The Bertz CT molecular complexity index is 1670. The Labute approximate surface area is 212 Å². The molecule has 0 aliphatic carbocycles. The fourth-order valence-corrected chi connectivity index (χ4v) is 5.29. The second-order valence-electron chi connectivity index (χ2n) is 8.67. The molecular weight excluding hydrogens is 473 g/mol. The molecule has 0 spiro atoms. The number of rotatable bonds is 6. The van der Waals surface area contributed by atoms with Gasteiger partial charge in [0.05, 0.1) is 22.3 Å². The number of benzene rings is 3. The molecule has 0 aliphatic heterocycles. The summed E-state index contributed by atoms with van der Waals surface area (Å²) in [6.07, 6.45) is 0. The van der Waals surface area contributed by atoms with E-state index in [2.05, 4.69) is 9.55 Å². The standard InChI is InChI=1S/C29H24FN3O2S/c1-18-12-14-21(15-13-18)32-19(2)16-23(20(32)3)27(34)17-36-29-31-25-10-6-4-8-22(25)28(35)33(29)26-11-7-5-9-24(26)30/h4-16H,17H2,1-3H3. The summed E-state index contributed by atoms with van der Waals surface area (Å²) in [5.41, 5.74) is 4.80. The Morgan fingerprint density at radius 1 is 0.917 bits per heavy atom. The second kappa shape index (κ2) is 9.59. The quantitative estimate of drug-likeness (QED) is 0.159.